The van der Waals surface area contributed by atoms with Crippen LogP contribution in [-0.2, 0) is 9.53 Å². The zero-order valence-corrected chi connectivity index (χ0v) is 14.0. The van der Waals surface area contributed by atoms with E-state index in [1.54, 1.807) is 18.2 Å². The minimum absolute atomic E-state index is 0.518. The van der Waals surface area contributed by atoms with Crippen molar-refractivity contribution in [3.63, 3.8) is 0 Å². The van der Waals surface area contributed by atoms with Crippen LogP contribution in [0.5, 0.6) is 0 Å². The SMILES string of the molecule is COC1NNC(C(=O)Nc2cccc(Nc3ccccc3)c2)C1[N+](=O)[O-]. The third kappa shape index (κ3) is 3.97. The summed E-state index contributed by atoms with van der Waals surface area (Å²) in [5, 5.41) is 17.2. The lowest BCUT2D eigenvalue weighted by Crippen LogP contribution is -2.47. The van der Waals surface area contributed by atoms with E-state index in [0.29, 0.717) is 5.69 Å². The van der Waals surface area contributed by atoms with Gasteiger partial charge < -0.3 is 15.4 Å². The fraction of sp³-hybridized carbons (Fsp3) is 0.235. The molecule has 1 amide bonds. The monoisotopic (exact) mass is 357 g/mol. The second kappa shape index (κ2) is 7.91. The molecule has 0 aromatic heterocycles. The molecule has 9 nitrogen and oxygen atoms in total. The summed E-state index contributed by atoms with van der Waals surface area (Å²) in [5.41, 5.74) is 7.45. The van der Waals surface area contributed by atoms with Crippen molar-refractivity contribution in [2.24, 2.45) is 0 Å². The number of methoxy groups -OCH3 is 1. The molecular weight excluding hydrogens is 338 g/mol. The highest BCUT2D eigenvalue weighted by Gasteiger charge is 2.49. The summed E-state index contributed by atoms with van der Waals surface area (Å²) in [6, 6.07) is 14.4. The second-order valence-electron chi connectivity index (χ2n) is 5.76. The topological polar surface area (TPSA) is 118 Å². The van der Waals surface area contributed by atoms with Crippen molar-refractivity contribution in [1.29, 1.82) is 0 Å². The molecule has 26 heavy (non-hydrogen) atoms. The van der Waals surface area contributed by atoms with Gasteiger partial charge in [0.25, 0.3) is 6.04 Å². The minimum Gasteiger partial charge on any atom is -0.358 e. The van der Waals surface area contributed by atoms with Gasteiger partial charge in [0.2, 0.25) is 5.91 Å². The zero-order valence-electron chi connectivity index (χ0n) is 14.0. The highest BCUT2D eigenvalue weighted by atomic mass is 16.6. The van der Waals surface area contributed by atoms with Crippen LogP contribution in [0, 0.1) is 10.1 Å². The van der Waals surface area contributed by atoms with E-state index in [9.17, 15) is 14.9 Å². The Kier molecular flexibility index (Phi) is 5.42. The van der Waals surface area contributed by atoms with Crippen LogP contribution in [-0.4, -0.2) is 36.3 Å². The van der Waals surface area contributed by atoms with E-state index in [4.69, 9.17) is 4.74 Å². The average Bonchev–Trinajstić information content (AvgIpc) is 3.07. The van der Waals surface area contributed by atoms with Crippen molar-refractivity contribution in [1.82, 2.24) is 10.9 Å². The number of amides is 1. The largest absolute Gasteiger partial charge is 0.358 e. The molecular formula is C17H19N5O4. The molecule has 1 aliphatic heterocycles. The number of nitrogens with one attached hydrogen (secondary N) is 4. The molecule has 1 saturated heterocycles. The van der Waals surface area contributed by atoms with Crippen LogP contribution in [0.15, 0.2) is 54.6 Å². The molecule has 1 aliphatic rings. The number of nitro groups is 1. The first-order valence-corrected chi connectivity index (χ1v) is 7.99. The van der Waals surface area contributed by atoms with Crippen molar-refractivity contribution < 1.29 is 14.5 Å². The fourth-order valence-corrected chi connectivity index (χ4v) is 2.75. The Morgan fingerprint density at radius 2 is 1.77 bits per heavy atom. The lowest BCUT2D eigenvalue weighted by Gasteiger charge is -2.15. The van der Waals surface area contributed by atoms with Crippen LogP contribution in [0.2, 0.25) is 0 Å². The number of carbonyl (C=O) groups is 1. The summed E-state index contributed by atoms with van der Waals surface area (Å²) >= 11 is 0. The number of nitrogens with zero attached hydrogens (tertiary/aromatic N) is 1. The van der Waals surface area contributed by atoms with Crippen LogP contribution < -0.4 is 21.5 Å². The van der Waals surface area contributed by atoms with Crippen molar-refractivity contribution >= 4 is 23.0 Å². The molecule has 2 aromatic carbocycles. The van der Waals surface area contributed by atoms with E-state index in [0.717, 1.165) is 11.4 Å². The first kappa shape index (κ1) is 17.8. The lowest BCUT2D eigenvalue weighted by atomic mass is 10.1. The Hall–Kier alpha value is -3.01. The maximum absolute atomic E-state index is 12.5. The van der Waals surface area contributed by atoms with Crippen LogP contribution >= 0.6 is 0 Å². The number of anilines is 3. The number of rotatable bonds is 6. The fourth-order valence-electron chi connectivity index (χ4n) is 2.75. The van der Waals surface area contributed by atoms with Crippen LogP contribution in [0.1, 0.15) is 0 Å². The average molecular weight is 357 g/mol. The smallest absolute Gasteiger partial charge is 0.278 e. The molecule has 136 valence electrons. The van der Waals surface area contributed by atoms with E-state index < -0.39 is 29.1 Å². The number of carbonyl (C=O) groups excluding carboxylic acids is 1. The molecule has 3 atom stereocenters. The summed E-state index contributed by atoms with van der Waals surface area (Å²) in [6.45, 7) is 0. The third-order valence-corrected chi connectivity index (χ3v) is 4.01. The van der Waals surface area contributed by atoms with Crippen molar-refractivity contribution in [2.75, 3.05) is 17.7 Å². The molecule has 0 aliphatic carbocycles. The van der Waals surface area contributed by atoms with E-state index in [1.165, 1.54) is 7.11 Å². The predicted molar refractivity (Wildman–Crippen MR) is 96.4 cm³/mol. The van der Waals surface area contributed by atoms with E-state index in [-0.39, 0.29) is 0 Å². The predicted octanol–water partition coefficient (Wildman–Crippen LogP) is 1.46. The zero-order chi connectivity index (χ0) is 18.5. The molecule has 0 radical (unpaired) electrons. The molecule has 2 aromatic rings. The van der Waals surface area contributed by atoms with Gasteiger partial charge in [-0.2, -0.15) is 0 Å². The van der Waals surface area contributed by atoms with Crippen LogP contribution in [0.3, 0.4) is 0 Å². The number of hydrogen-bond acceptors (Lipinski definition) is 7. The maximum Gasteiger partial charge on any atom is 0.278 e. The van der Waals surface area contributed by atoms with Crippen molar-refractivity contribution in [3.05, 3.63) is 64.7 Å². The van der Waals surface area contributed by atoms with Gasteiger partial charge >= 0.3 is 0 Å². The normalized spacial score (nSPS) is 22.0. The van der Waals surface area contributed by atoms with E-state index >= 15 is 0 Å². The Morgan fingerprint density at radius 3 is 2.46 bits per heavy atom. The standard InChI is InChI=1S/C17H19N5O4/c1-26-17-15(22(24)25)14(20-21-17)16(23)19-13-9-5-8-12(10-13)18-11-6-3-2-4-7-11/h2-10,14-15,17-18,20-21H,1H3,(H,19,23). The van der Waals surface area contributed by atoms with Gasteiger partial charge in [0.05, 0.1) is 0 Å². The van der Waals surface area contributed by atoms with Gasteiger partial charge in [-0.25, -0.2) is 10.9 Å². The number of hydrogen-bond donors (Lipinski definition) is 4. The quantitative estimate of drug-likeness (QED) is 0.457. The highest BCUT2D eigenvalue weighted by molar-refractivity contribution is 5.96. The van der Waals surface area contributed by atoms with Gasteiger partial charge in [0.1, 0.15) is 0 Å². The summed E-state index contributed by atoms with van der Waals surface area (Å²) < 4.78 is 5.00. The Bertz CT molecular complexity index is 786. The second-order valence-corrected chi connectivity index (χ2v) is 5.76. The highest BCUT2D eigenvalue weighted by Crippen LogP contribution is 2.21. The maximum atomic E-state index is 12.5. The molecule has 3 rings (SSSR count). The number of benzene rings is 2. The van der Waals surface area contributed by atoms with E-state index in [1.807, 2.05) is 36.4 Å². The summed E-state index contributed by atoms with van der Waals surface area (Å²) in [5.74, 6) is -0.518. The van der Waals surface area contributed by atoms with Gasteiger partial charge in [-0.05, 0) is 30.3 Å². The molecule has 0 bridgehead atoms. The third-order valence-electron chi connectivity index (χ3n) is 4.01. The molecule has 1 fully saturated rings. The first-order valence-electron chi connectivity index (χ1n) is 7.99. The van der Waals surface area contributed by atoms with Crippen LogP contribution in [0.4, 0.5) is 17.1 Å². The molecule has 3 unspecified atom stereocenters. The summed E-state index contributed by atoms with van der Waals surface area (Å²) in [6.07, 6.45) is -0.883. The Balaban J connectivity index is 1.69. The molecule has 9 heteroatoms. The molecule has 0 saturated carbocycles. The lowest BCUT2D eigenvalue weighted by molar-refractivity contribution is -0.532. The Morgan fingerprint density at radius 1 is 1.08 bits per heavy atom. The number of para-hydroxylation sites is 1. The van der Waals surface area contributed by atoms with Crippen molar-refractivity contribution in [2.45, 2.75) is 18.3 Å². The first-order chi connectivity index (χ1) is 12.6. The van der Waals surface area contributed by atoms with Gasteiger partial charge in [-0.3, -0.25) is 14.9 Å². The van der Waals surface area contributed by atoms with E-state index in [2.05, 4.69) is 21.5 Å². The minimum atomic E-state index is -1.23. The van der Waals surface area contributed by atoms with Gasteiger partial charge in [0, 0.05) is 29.1 Å². The number of hydrazine groups is 1. The summed E-state index contributed by atoms with van der Waals surface area (Å²) in [7, 11) is 1.34. The molecule has 1 heterocycles. The van der Waals surface area contributed by atoms with Crippen LogP contribution in [0.25, 0.3) is 0 Å². The van der Waals surface area contributed by atoms with Gasteiger partial charge in [-0.1, -0.05) is 24.3 Å². The molecule has 4 N–H and O–H groups in total. The Labute approximate surface area is 149 Å². The summed E-state index contributed by atoms with van der Waals surface area (Å²) in [4.78, 5) is 23.2. The van der Waals surface area contributed by atoms with Gasteiger partial charge in [0.15, 0.2) is 12.3 Å². The van der Waals surface area contributed by atoms with Crippen molar-refractivity contribution in [3.8, 4) is 0 Å². The number of ether oxygens (including phenoxy) is 1. The molecule has 0 spiro atoms. The van der Waals surface area contributed by atoms with Gasteiger partial charge in [-0.15, -0.1) is 0 Å².